The Morgan fingerprint density at radius 3 is 2.70 bits per heavy atom. The number of carbonyl (C=O) groups excluding carboxylic acids is 1. The van der Waals surface area contributed by atoms with Gasteiger partial charge < -0.3 is 10.2 Å². The van der Waals surface area contributed by atoms with E-state index in [4.69, 9.17) is 0 Å². The number of amides is 1. The minimum absolute atomic E-state index is 0.103. The van der Waals surface area contributed by atoms with E-state index in [0.717, 1.165) is 37.4 Å². The van der Waals surface area contributed by atoms with Gasteiger partial charge in [0.15, 0.2) is 5.65 Å². The molecule has 7 heteroatoms. The van der Waals surface area contributed by atoms with Crippen LogP contribution in [0.25, 0.3) is 5.65 Å². The van der Waals surface area contributed by atoms with Crippen molar-refractivity contribution in [3.63, 3.8) is 0 Å². The predicted octanol–water partition coefficient (Wildman–Crippen LogP) is 1.50. The first-order valence-electron chi connectivity index (χ1n) is 8.27. The molecule has 1 aliphatic rings. The van der Waals surface area contributed by atoms with Gasteiger partial charge in [0.05, 0.1) is 0 Å². The second-order valence-corrected chi connectivity index (χ2v) is 6.63. The van der Waals surface area contributed by atoms with Crippen molar-refractivity contribution in [3.8, 4) is 0 Å². The average Bonchev–Trinajstić information content (AvgIpc) is 3.02. The lowest BCUT2D eigenvalue weighted by Gasteiger charge is -2.32. The highest BCUT2D eigenvalue weighted by Gasteiger charge is 2.26. The molecule has 1 aliphatic heterocycles. The van der Waals surface area contributed by atoms with Crippen LogP contribution in [0.2, 0.25) is 0 Å². The molecule has 0 radical (unpaired) electrons. The van der Waals surface area contributed by atoms with E-state index < -0.39 is 0 Å². The number of anilines is 1. The number of hydrogen-bond donors (Lipinski definition) is 1. The number of piperidine rings is 1. The Labute approximate surface area is 136 Å². The molecule has 124 valence electrons. The quantitative estimate of drug-likeness (QED) is 0.925. The summed E-state index contributed by atoms with van der Waals surface area (Å²) in [5, 5.41) is 15.5. The summed E-state index contributed by atoms with van der Waals surface area (Å²) >= 11 is 0. The van der Waals surface area contributed by atoms with E-state index in [1.54, 1.807) is 10.8 Å². The van der Waals surface area contributed by atoms with Crippen LogP contribution in [-0.4, -0.2) is 44.8 Å². The molecule has 23 heavy (non-hydrogen) atoms. The molecule has 1 atom stereocenters. The SMILES string of the molecule is CC(C)[C@@H](C)NC(=O)C1CCN(c2ccc3nncn3n2)CC1. The van der Waals surface area contributed by atoms with E-state index in [-0.39, 0.29) is 17.9 Å². The zero-order chi connectivity index (χ0) is 16.4. The van der Waals surface area contributed by atoms with E-state index in [1.165, 1.54) is 0 Å². The van der Waals surface area contributed by atoms with Crippen molar-refractivity contribution in [1.82, 2.24) is 25.1 Å². The highest BCUT2D eigenvalue weighted by molar-refractivity contribution is 5.79. The molecule has 1 N–H and O–H groups in total. The molecule has 0 saturated carbocycles. The first-order valence-corrected chi connectivity index (χ1v) is 8.27. The van der Waals surface area contributed by atoms with Crippen LogP contribution in [0.4, 0.5) is 5.82 Å². The molecule has 0 unspecified atom stereocenters. The summed E-state index contributed by atoms with van der Waals surface area (Å²) in [6, 6.07) is 4.10. The van der Waals surface area contributed by atoms with Gasteiger partial charge >= 0.3 is 0 Å². The van der Waals surface area contributed by atoms with E-state index in [0.29, 0.717) is 5.92 Å². The van der Waals surface area contributed by atoms with Crippen molar-refractivity contribution < 1.29 is 4.79 Å². The monoisotopic (exact) mass is 316 g/mol. The van der Waals surface area contributed by atoms with Crippen LogP contribution in [0.5, 0.6) is 0 Å². The predicted molar refractivity (Wildman–Crippen MR) is 88.2 cm³/mol. The van der Waals surface area contributed by atoms with Gasteiger partial charge in [-0.15, -0.1) is 15.3 Å². The van der Waals surface area contributed by atoms with Gasteiger partial charge in [-0.25, -0.2) is 0 Å². The summed E-state index contributed by atoms with van der Waals surface area (Å²) in [7, 11) is 0. The Morgan fingerprint density at radius 1 is 1.26 bits per heavy atom. The summed E-state index contributed by atoms with van der Waals surface area (Å²) < 4.78 is 1.68. The number of rotatable bonds is 4. The van der Waals surface area contributed by atoms with Gasteiger partial charge in [-0.2, -0.15) is 4.52 Å². The van der Waals surface area contributed by atoms with Gasteiger partial charge in [0.1, 0.15) is 12.1 Å². The van der Waals surface area contributed by atoms with Crippen molar-refractivity contribution in [2.45, 2.75) is 39.7 Å². The lowest BCUT2D eigenvalue weighted by atomic mass is 9.95. The summed E-state index contributed by atoms with van der Waals surface area (Å²) in [4.78, 5) is 14.5. The summed E-state index contributed by atoms with van der Waals surface area (Å²) in [5.74, 6) is 1.66. The lowest BCUT2D eigenvalue weighted by Crippen LogP contribution is -2.44. The van der Waals surface area contributed by atoms with Crippen LogP contribution in [0.15, 0.2) is 18.5 Å². The molecule has 1 saturated heterocycles. The molecule has 1 fully saturated rings. The topological polar surface area (TPSA) is 75.4 Å². The lowest BCUT2D eigenvalue weighted by molar-refractivity contribution is -0.126. The Hall–Kier alpha value is -2.18. The van der Waals surface area contributed by atoms with Crippen molar-refractivity contribution in [1.29, 1.82) is 0 Å². The number of nitrogens with one attached hydrogen (secondary N) is 1. The Balaban J connectivity index is 1.58. The van der Waals surface area contributed by atoms with Crippen LogP contribution in [-0.2, 0) is 4.79 Å². The third-order valence-electron chi connectivity index (χ3n) is 4.71. The summed E-state index contributed by atoms with van der Waals surface area (Å²) in [6.45, 7) is 8.00. The first kappa shape index (κ1) is 15.7. The van der Waals surface area contributed by atoms with Crippen molar-refractivity contribution >= 4 is 17.4 Å². The maximum Gasteiger partial charge on any atom is 0.223 e. The number of nitrogens with zero attached hydrogens (tertiary/aromatic N) is 5. The standard InChI is InChI=1S/C16H24N6O/c1-11(2)12(3)18-16(23)13-6-8-21(9-7-13)15-5-4-14-19-17-10-22(14)20-15/h4-5,10-13H,6-9H2,1-3H3,(H,18,23)/t12-/m1/s1. The van der Waals surface area contributed by atoms with Crippen LogP contribution in [0.3, 0.4) is 0 Å². The van der Waals surface area contributed by atoms with Crippen molar-refractivity contribution in [2.75, 3.05) is 18.0 Å². The molecule has 0 aliphatic carbocycles. The van der Waals surface area contributed by atoms with Crippen molar-refractivity contribution in [2.24, 2.45) is 11.8 Å². The van der Waals surface area contributed by atoms with E-state index in [1.807, 2.05) is 12.1 Å². The maximum absolute atomic E-state index is 12.3. The minimum atomic E-state index is 0.103. The molecule has 0 spiro atoms. The molecular weight excluding hydrogens is 292 g/mol. The number of hydrogen-bond acceptors (Lipinski definition) is 5. The van der Waals surface area contributed by atoms with Gasteiger partial charge in [-0.1, -0.05) is 13.8 Å². The molecule has 0 bridgehead atoms. The fourth-order valence-corrected chi connectivity index (χ4v) is 2.77. The number of aromatic nitrogens is 4. The van der Waals surface area contributed by atoms with Crippen LogP contribution in [0, 0.1) is 11.8 Å². The van der Waals surface area contributed by atoms with Gasteiger partial charge in [-0.05, 0) is 37.8 Å². The molecule has 3 heterocycles. The highest BCUT2D eigenvalue weighted by atomic mass is 16.1. The zero-order valence-electron chi connectivity index (χ0n) is 13.9. The van der Waals surface area contributed by atoms with E-state index >= 15 is 0 Å². The second kappa shape index (κ2) is 6.52. The first-order chi connectivity index (χ1) is 11.0. The van der Waals surface area contributed by atoms with Crippen LogP contribution in [0.1, 0.15) is 33.6 Å². The number of carbonyl (C=O) groups is 1. The third-order valence-corrected chi connectivity index (χ3v) is 4.71. The molecule has 0 aromatic carbocycles. The van der Waals surface area contributed by atoms with Gasteiger partial charge in [-0.3, -0.25) is 4.79 Å². The minimum Gasteiger partial charge on any atom is -0.355 e. The summed E-state index contributed by atoms with van der Waals surface area (Å²) in [6.07, 6.45) is 3.32. The maximum atomic E-state index is 12.3. The fourth-order valence-electron chi connectivity index (χ4n) is 2.77. The normalized spacial score (nSPS) is 17.7. The summed E-state index contributed by atoms with van der Waals surface area (Å²) in [5.41, 5.74) is 0.741. The smallest absolute Gasteiger partial charge is 0.223 e. The van der Waals surface area contributed by atoms with Crippen molar-refractivity contribution in [3.05, 3.63) is 18.5 Å². The Morgan fingerprint density at radius 2 is 2.00 bits per heavy atom. The molecule has 3 rings (SSSR count). The molecule has 2 aromatic heterocycles. The van der Waals surface area contributed by atoms with E-state index in [2.05, 4.69) is 46.3 Å². The Kier molecular flexibility index (Phi) is 4.45. The molecule has 7 nitrogen and oxygen atoms in total. The Bertz CT molecular complexity index is 674. The third kappa shape index (κ3) is 3.43. The van der Waals surface area contributed by atoms with Gasteiger partial charge in [0, 0.05) is 25.0 Å². The van der Waals surface area contributed by atoms with Gasteiger partial charge in [0.2, 0.25) is 5.91 Å². The van der Waals surface area contributed by atoms with E-state index in [9.17, 15) is 4.79 Å². The largest absolute Gasteiger partial charge is 0.355 e. The second-order valence-electron chi connectivity index (χ2n) is 6.63. The molecule has 2 aromatic rings. The molecular formula is C16H24N6O. The number of fused-ring (bicyclic) bond motifs is 1. The highest BCUT2D eigenvalue weighted by Crippen LogP contribution is 2.22. The van der Waals surface area contributed by atoms with Gasteiger partial charge in [0.25, 0.3) is 0 Å². The van der Waals surface area contributed by atoms with Crippen LogP contribution < -0.4 is 10.2 Å². The molecule has 1 amide bonds. The average molecular weight is 316 g/mol. The fraction of sp³-hybridized carbons (Fsp3) is 0.625. The van der Waals surface area contributed by atoms with Crippen LogP contribution >= 0.6 is 0 Å². The zero-order valence-corrected chi connectivity index (χ0v) is 13.9.